The van der Waals surface area contributed by atoms with Gasteiger partial charge in [-0.3, -0.25) is 4.98 Å². The second-order valence-electron chi connectivity index (χ2n) is 4.63. The zero-order chi connectivity index (χ0) is 13.1. The molecule has 0 saturated heterocycles. The fourth-order valence-electron chi connectivity index (χ4n) is 2.44. The normalized spacial score (nSPS) is 14.1. The summed E-state index contributed by atoms with van der Waals surface area (Å²) in [5.74, 6) is 0. The molecule has 2 heterocycles. The van der Waals surface area contributed by atoms with Crippen molar-refractivity contribution < 1.29 is 0 Å². The van der Waals surface area contributed by atoms with Crippen molar-refractivity contribution in [2.75, 3.05) is 18.4 Å². The first-order chi connectivity index (χ1) is 9.34. The summed E-state index contributed by atoms with van der Waals surface area (Å²) in [6, 6.07) is 4.16. The van der Waals surface area contributed by atoms with Crippen molar-refractivity contribution in [1.29, 1.82) is 0 Å². The summed E-state index contributed by atoms with van der Waals surface area (Å²) in [6.07, 6.45) is 4.00. The minimum Gasteiger partial charge on any atom is -0.379 e. The second-order valence-corrected chi connectivity index (χ2v) is 6.01. The van der Waals surface area contributed by atoms with E-state index in [1.54, 1.807) is 11.3 Å². The number of nitrogens with one attached hydrogen (secondary N) is 2. The van der Waals surface area contributed by atoms with Crippen molar-refractivity contribution in [2.45, 2.75) is 19.4 Å². The molecule has 3 rings (SSSR count). The number of hydrogen-bond donors (Lipinski definition) is 2. The summed E-state index contributed by atoms with van der Waals surface area (Å²) in [4.78, 5) is 5.32. The lowest BCUT2D eigenvalue weighted by atomic mass is 10.0. The maximum atomic E-state index is 6.36. The number of benzene rings is 1. The number of thiazole rings is 1. The smallest absolute Gasteiger partial charge is 0.0794 e. The van der Waals surface area contributed by atoms with E-state index in [0.29, 0.717) is 0 Å². The van der Waals surface area contributed by atoms with Gasteiger partial charge < -0.3 is 10.6 Å². The van der Waals surface area contributed by atoms with Crippen molar-refractivity contribution in [2.24, 2.45) is 0 Å². The quantitative estimate of drug-likeness (QED) is 0.904. The van der Waals surface area contributed by atoms with E-state index in [-0.39, 0.29) is 12.4 Å². The molecule has 1 aromatic carbocycles. The van der Waals surface area contributed by atoms with Crippen molar-refractivity contribution in [3.63, 3.8) is 0 Å². The van der Waals surface area contributed by atoms with Crippen molar-refractivity contribution >= 4 is 41.0 Å². The van der Waals surface area contributed by atoms with E-state index in [0.717, 1.165) is 43.2 Å². The van der Waals surface area contributed by atoms with Crippen LogP contribution in [0.25, 0.3) is 0 Å². The summed E-state index contributed by atoms with van der Waals surface area (Å²) in [6.45, 7) is 2.85. The number of nitrogens with zero attached hydrogens (tertiary/aromatic N) is 1. The van der Waals surface area contributed by atoms with E-state index < -0.39 is 0 Å². The Kier molecular flexibility index (Phi) is 5.66. The average molecular weight is 330 g/mol. The maximum Gasteiger partial charge on any atom is 0.0794 e. The number of fused-ring (bicyclic) bond motifs is 1. The van der Waals surface area contributed by atoms with Gasteiger partial charge in [-0.25, -0.2) is 0 Å². The van der Waals surface area contributed by atoms with E-state index in [9.17, 15) is 0 Å². The first-order valence-corrected chi connectivity index (χ1v) is 7.72. The van der Waals surface area contributed by atoms with Crippen molar-refractivity contribution in [3.05, 3.63) is 44.9 Å². The second kappa shape index (κ2) is 7.27. The Hall–Kier alpha value is -0.810. The van der Waals surface area contributed by atoms with Gasteiger partial charge in [-0.15, -0.1) is 23.7 Å². The third-order valence-corrected chi connectivity index (χ3v) is 4.50. The molecule has 6 heteroatoms. The van der Waals surface area contributed by atoms with Crippen LogP contribution in [-0.4, -0.2) is 18.1 Å². The molecule has 1 aromatic heterocycles. The lowest BCUT2D eigenvalue weighted by molar-refractivity contribution is 0.711. The molecule has 0 aliphatic carbocycles. The fraction of sp³-hybridized carbons (Fsp3) is 0.357. The Labute approximate surface area is 134 Å². The van der Waals surface area contributed by atoms with Gasteiger partial charge >= 0.3 is 0 Å². The summed E-state index contributed by atoms with van der Waals surface area (Å²) in [5, 5.41) is 7.72. The molecule has 0 fully saturated rings. The highest BCUT2D eigenvalue weighted by atomic mass is 35.5. The van der Waals surface area contributed by atoms with Gasteiger partial charge in [0, 0.05) is 11.1 Å². The van der Waals surface area contributed by atoms with Gasteiger partial charge in [-0.1, -0.05) is 17.7 Å². The van der Waals surface area contributed by atoms with Crippen LogP contribution in [0.4, 0.5) is 5.69 Å². The minimum atomic E-state index is 0. The molecule has 3 nitrogen and oxygen atoms in total. The van der Waals surface area contributed by atoms with Crippen molar-refractivity contribution in [1.82, 2.24) is 10.3 Å². The lowest BCUT2D eigenvalue weighted by Crippen LogP contribution is -2.16. The van der Waals surface area contributed by atoms with Crippen LogP contribution in [0.2, 0.25) is 5.02 Å². The molecule has 20 heavy (non-hydrogen) atoms. The van der Waals surface area contributed by atoms with Gasteiger partial charge in [-0.05, 0) is 43.1 Å². The third-order valence-electron chi connectivity index (χ3n) is 3.40. The topological polar surface area (TPSA) is 37.0 Å². The third kappa shape index (κ3) is 3.44. The molecular formula is C14H17Cl2N3S. The molecular weight excluding hydrogens is 313 g/mol. The number of halogens is 2. The van der Waals surface area contributed by atoms with Crippen LogP contribution in [0, 0.1) is 0 Å². The summed E-state index contributed by atoms with van der Waals surface area (Å²) in [7, 11) is 0. The van der Waals surface area contributed by atoms with Crippen LogP contribution >= 0.6 is 35.3 Å². The Balaban J connectivity index is 0.00000147. The predicted octanol–water partition coefficient (Wildman–Crippen LogP) is 3.52. The van der Waals surface area contributed by atoms with Crippen LogP contribution < -0.4 is 10.6 Å². The monoisotopic (exact) mass is 329 g/mol. The van der Waals surface area contributed by atoms with Crippen LogP contribution in [0.5, 0.6) is 0 Å². The minimum absolute atomic E-state index is 0. The number of aromatic nitrogens is 1. The fourth-order valence-corrected chi connectivity index (χ4v) is 3.22. The molecule has 0 spiro atoms. The summed E-state index contributed by atoms with van der Waals surface area (Å²) < 4.78 is 0. The van der Waals surface area contributed by atoms with Gasteiger partial charge in [0.05, 0.1) is 22.8 Å². The molecule has 1 aliphatic heterocycles. The molecule has 0 amide bonds. The highest BCUT2D eigenvalue weighted by molar-refractivity contribution is 7.09. The Bertz CT molecular complexity index is 558. The highest BCUT2D eigenvalue weighted by Gasteiger charge is 2.14. The van der Waals surface area contributed by atoms with E-state index in [1.165, 1.54) is 16.0 Å². The maximum absolute atomic E-state index is 6.36. The molecule has 2 N–H and O–H groups in total. The molecule has 108 valence electrons. The highest BCUT2D eigenvalue weighted by Crippen LogP contribution is 2.31. The van der Waals surface area contributed by atoms with Crippen LogP contribution in [0.3, 0.4) is 0 Å². The predicted molar refractivity (Wildman–Crippen MR) is 88.4 cm³/mol. The SMILES string of the molecule is Cl.Clc1ccc2c(c1NCc1cncs1)CCNCC2. The Morgan fingerprint density at radius 2 is 2.15 bits per heavy atom. The average Bonchev–Trinajstić information content (AvgIpc) is 2.82. The zero-order valence-electron chi connectivity index (χ0n) is 11.0. The van der Waals surface area contributed by atoms with Crippen LogP contribution in [0.15, 0.2) is 23.8 Å². The first kappa shape index (κ1) is 15.6. The Morgan fingerprint density at radius 1 is 1.30 bits per heavy atom. The largest absolute Gasteiger partial charge is 0.379 e. The van der Waals surface area contributed by atoms with Crippen molar-refractivity contribution in [3.8, 4) is 0 Å². The molecule has 1 aliphatic rings. The van der Waals surface area contributed by atoms with Gasteiger partial charge in [0.1, 0.15) is 0 Å². The first-order valence-electron chi connectivity index (χ1n) is 6.47. The molecule has 0 saturated carbocycles. The molecule has 0 bridgehead atoms. The van der Waals surface area contributed by atoms with E-state index >= 15 is 0 Å². The molecule has 0 atom stereocenters. The van der Waals surface area contributed by atoms with Gasteiger partial charge in [0.25, 0.3) is 0 Å². The van der Waals surface area contributed by atoms with Gasteiger partial charge in [0.15, 0.2) is 0 Å². The number of rotatable bonds is 3. The number of hydrogen-bond acceptors (Lipinski definition) is 4. The Morgan fingerprint density at radius 3 is 2.95 bits per heavy atom. The number of anilines is 1. The molecule has 0 unspecified atom stereocenters. The van der Waals surface area contributed by atoms with E-state index in [2.05, 4.69) is 21.7 Å². The zero-order valence-corrected chi connectivity index (χ0v) is 13.4. The molecule has 2 aromatic rings. The van der Waals surface area contributed by atoms with E-state index in [1.807, 2.05) is 17.8 Å². The van der Waals surface area contributed by atoms with Gasteiger partial charge in [-0.2, -0.15) is 0 Å². The molecule has 0 radical (unpaired) electrons. The summed E-state index contributed by atoms with van der Waals surface area (Å²) >= 11 is 8.02. The lowest BCUT2D eigenvalue weighted by Gasteiger charge is -2.15. The van der Waals surface area contributed by atoms with E-state index in [4.69, 9.17) is 11.6 Å². The van der Waals surface area contributed by atoms with Crippen LogP contribution in [0.1, 0.15) is 16.0 Å². The standard InChI is InChI=1S/C14H16ClN3S.ClH/c15-13-2-1-10-3-5-16-6-4-12(10)14(13)18-8-11-7-17-9-19-11;/h1-2,7,9,16,18H,3-6,8H2;1H. The van der Waals surface area contributed by atoms with Crippen LogP contribution in [-0.2, 0) is 19.4 Å². The van der Waals surface area contributed by atoms with Gasteiger partial charge in [0.2, 0.25) is 0 Å². The summed E-state index contributed by atoms with van der Waals surface area (Å²) in [5.41, 5.74) is 5.72.